The predicted molar refractivity (Wildman–Crippen MR) is 103 cm³/mol. The minimum Gasteiger partial charge on any atom is -0.373 e. The normalized spacial score (nSPS) is 16.3. The van der Waals surface area contributed by atoms with E-state index in [0.717, 1.165) is 24.3 Å². The number of aromatic amines is 1. The van der Waals surface area contributed by atoms with Crippen LogP contribution in [0.15, 0.2) is 35.3 Å². The molecular formula is C21H17F4N3O2. The molecule has 1 aromatic heterocycles. The lowest BCUT2D eigenvalue weighted by Gasteiger charge is -2.28. The summed E-state index contributed by atoms with van der Waals surface area (Å²) in [6.07, 6.45) is 1.39. The maximum absolute atomic E-state index is 14.0. The number of amides is 1. The molecule has 2 aromatic carbocycles. The van der Waals surface area contributed by atoms with Gasteiger partial charge in [0.15, 0.2) is 11.6 Å². The molecule has 0 saturated carbocycles. The maximum atomic E-state index is 14.0. The lowest BCUT2D eigenvalue weighted by Crippen LogP contribution is -2.41. The van der Waals surface area contributed by atoms with E-state index in [0.29, 0.717) is 5.56 Å². The number of rotatable bonds is 3. The molecule has 5 nitrogen and oxygen atoms in total. The van der Waals surface area contributed by atoms with Gasteiger partial charge in [0.2, 0.25) is 5.91 Å². The summed E-state index contributed by atoms with van der Waals surface area (Å²) in [6.45, 7) is 1.66. The van der Waals surface area contributed by atoms with Crippen LogP contribution in [-0.2, 0) is 11.2 Å². The topological polar surface area (TPSA) is 65.2 Å². The first kappa shape index (κ1) is 19.9. The van der Waals surface area contributed by atoms with Crippen LogP contribution in [0.25, 0.3) is 10.8 Å². The number of pyridine rings is 1. The van der Waals surface area contributed by atoms with Crippen LogP contribution in [-0.4, -0.2) is 28.9 Å². The van der Waals surface area contributed by atoms with Crippen molar-refractivity contribution in [2.75, 3.05) is 12.4 Å². The highest BCUT2D eigenvalue weighted by atomic mass is 19.2. The zero-order valence-corrected chi connectivity index (χ0v) is 16.0. The van der Waals surface area contributed by atoms with Crippen LogP contribution >= 0.6 is 0 Å². The second-order valence-electron chi connectivity index (χ2n) is 7.32. The molecule has 0 fully saturated rings. The van der Waals surface area contributed by atoms with Crippen molar-refractivity contribution in [3.8, 4) is 0 Å². The number of nitrogens with zero attached hydrogens (tertiary/aromatic N) is 1. The quantitative estimate of drug-likeness (QED) is 0.637. The molecule has 1 aliphatic heterocycles. The zero-order valence-electron chi connectivity index (χ0n) is 16.0. The summed E-state index contributed by atoms with van der Waals surface area (Å²) in [5.41, 5.74) is 0.271. The Morgan fingerprint density at radius 1 is 1.07 bits per heavy atom. The van der Waals surface area contributed by atoms with Gasteiger partial charge >= 0.3 is 0 Å². The van der Waals surface area contributed by atoms with E-state index in [1.165, 1.54) is 18.1 Å². The summed E-state index contributed by atoms with van der Waals surface area (Å²) < 4.78 is 54.8. The Kier molecular flexibility index (Phi) is 4.76. The van der Waals surface area contributed by atoms with Crippen molar-refractivity contribution in [2.24, 2.45) is 0 Å². The second-order valence-corrected chi connectivity index (χ2v) is 7.32. The van der Waals surface area contributed by atoms with Crippen molar-refractivity contribution < 1.29 is 22.4 Å². The molecule has 1 amide bonds. The Balaban J connectivity index is 1.65. The van der Waals surface area contributed by atoms with E-state index in [1.54, 1.807) is 6.92 Å². The molecule has 1 aliphatic rings. The van der Waals surface area contributed by atoms with Crippen molar-refractivity contribution >= 4 is 22.4 Å². The number of fused-ring (bicyclic) bond motifs is 2. The minimum absolute atomic E-state index is 0.0389. The average Bonchev–Trinajstić information content (AvgIpc) is 3.12. The monoisotopic (exact) mass is 419 g/mol. The number of benzene rings is 2. The number of carbonyl (C=O) groups is 1. The Bertz CT molecular complexity index is 1240. The van der Waals surface area contributed by atoms with Gasteiger partial charge in [0.25, 0.3) is 5.56 Å². The first-order chi connectivity index (χ1) is 14.2. The summed E-state index contributed by atoms with van der Waals surface area (Å²) in [5.74, 6) is -4.14. The molecular weight excluding hydrogens is 402 g/mol. The van der Waals surface area contributed by atoms with Crippen molar-refractivity contribution in [1.29, 1.82) is 0 Å². The number of aromatic nitrogens is 1. The van der Waals surface area contributed by atoms with Crippen LogP contribution in [0.3, 0.4) is 0 Å². The fraction of sp³-hybridized carbons (Fsp3) is 0.238. The highest BCUT2D eigenvalue weighted by molar-refractivity contribution is 5.89. The van der Waals surface area contributed by atoms with Crippen molar-refractivity contribution in [3.05, 3.63) is 75.2 Å². The standard InChI is InChI=1S/C21H17F4N3O2/c1-9(14-8-26-20(29)12-6-17(25)16(24)5-11(12)14)28(2)21(30)19-7-13-15(23)3-10(22)4-18(13)27-19/h3-6,8-9,19,27H,7H2,1-2H3,(H,26,29). The maximum Gasteiger partial charge on any atom is 0.255 e. The summed E-state index contributed by atoms with van der Waals surface area (Å²) in [5, 5.41) is 2.97. The predicted octanol–water partition coefficient (Wildman–Crippen LogP) is 3.64. The van der Waals surface area contributed by atoms with Gasteiger partial charge in [0, 0.05) is 37.0 Å². The summed E-state index contributed by atoms with van der Waals surface area (Å²) >= 11 is 0. The highest BCUT2D eigenvalue weighted by Crippen LogP contribution is 2.32. The van der Waals surface area contributed by atoms with E-state index in [1.807, 2.05) is 0 Å². The van der Waals surface area contributed by atoms with Crippen LogP contribution in [0.1, 0.15) is 24.1 Å². The fourth-order valence-electron chi connectivity index (χ4n) is 3.79. The van der Waals surface area contributed by atoms with Gasteiger partial charge in [-0.15, -0.1) is 0 Å². The molecule has 0 radical (unpaired) electrons. The molecule has 9 heteroatoms. The Morgan fingerprint density at radius 3 is 2.43 bits per heavy atom. The van der Waals surface area contributed by atoms with E-state index in [2.05, 4.69) is 10.3 Å². The first-order valence-electron chi connectivity index (χ1n) is 9.19. The zero-order chi connectivity index (χ0) is 21.7. The molecule has 2 unspecified atom stereocenters. The third-order valence-corrected chi connectivity index (χ3v) is 5.55. The number of likely N-dealkylation sites (N-methyl/N-ethyl adjacent to an activating group) is 1. The Hall–Kier alpha value is -3.36. The second kappa shape index (κ2) is 7.16. The first-order valence-corrected chi connectivity index (χ1v) is 9.19. The highest BCUT2D eigenvalue weighted by Gasteiger charge is 2.33. The summed E-state index contributed by atoms with van der Waals surface area (Å²) in [6, 6.07) is 2.18. The smallest absolute Gasteiger partial charge is 0.255 e. The third kappa shape index (κ3) is 3.20. The largest absolute Gasteiger partial charge is 0.373 e. The van der Waals surface area contributed by atoms with Gasteiger partial charge in [-0.05, 0) is 36.1 Å². The van der Waals surface area contributed by atoms with E-state index in [9.17, 15) is 27.2 Å². The number of nitrogens with one attached hydrogen (secondary N) is 2. The van der Waals surface area contributed by atoms with Gasteiger partial charge < -0.3 is 15.2 Å². The van der Waals surface area contributed by atoms with Gasteiger partial charge in [-0.1, -0.05) is 0 Å². The molecule has 30 heavy (non-hydrogen) atoms. The number of carbonyl (C=O) groups excluding carboxylic acids is 1. The van der Waals surface area contributed by atoms with Crippen LogP contribution < -0.4 is 10.9 Å². The number of anilines is 1. The van der Waals surface area contributed by atoms with E-state index >= 15 is 0 Å². The van der Waals surface area contributed by atoms with Gasteiger partial charge in [0.1, 0.15) is 17.7 Å². The van der Waals surface area contributed by atoms with Crippen molar-refractivity contribution in [2.45, 2.75) is 25.4 Å². The number of hydrogen-bond donors (Lipinski definition) is 2. The molecule has 2 atom stereocenters. The molecule has 2 N–H and O–H groups in total. The molecule has 0 bridgehead atoms. The Labute approximate surface area is 168 Å². The number of hydrogen-bond acceptors (Lipinski definition) is 3. The Morgan fingerprint density at radius 2 is 1.73 bits per heavy atom. The number of H-pyrrole nitrogens is 1. The molecule has 0 spiro atoms. The molecule has 2 heterocycles. The molecule has 3 aromatic rings. The van der Waals surface area contributed by atoms with E-state index in [-0.39, 0.29) is 28.4 Å². The molecule has 0 saturated heterocycles. The minimum atomic E-state index is -1.15. The fourth-order valence-corrected chi connectivity index (χ4v) is 3.79. The summed E-state index contributed by atoms with van der Waals surface area (Å²) in [7, 11) is 1.51. The molecule has 156 valence electrons. The van der Waals surface area contributed by atoms with Gasteiger partial charge in [0.05, 0.1) is 11.4 Å². The van der Waals surface area contributed by atoms with Crippen LogP contribution in [0.4, 0.5) is 23.2 Å². The third-order valence-electron chi connectivity index (χ3n) is 5.55. The van der Waals surface area contributed by atoms with Crippen LogP contribution in [0, 0.1) is 23.3 Å². The molecule has 0 aliphatic carbocycles. The lowest BCUT2D eigenvalue weighted by atomic mass is 10.0. The number of halogens is 4. The van der Waals surface area contributed by atoms with Crippen molar-refractivity contribution in [3.63, 3.8) is 0 Å². The van der Waals surface area contributed by atoms with E-state index in [4.69, 9.17) is 0 Å². The van der Waals surface area contributed by atoms with Gasteiger partial charge in [-0.3, -0.25) is 9.59 Å². The average molecular weight is 419 g/mol. The van der Waals surface area contributed by atoms with Crippen LogP contribution in [0.5, 0.6) is 0 Å². The van der Waals surface area contributed by atoms with Crippen molar-refractivity contribution in [1.82, 2.24) is 9.88 Å². The lowest BCUT2D eigenvalue weighted by molar-refractivity contribution is -0.132. The van der Waals surface area contributed by atoms with Gasteiger partial charge in [-0.25, -0.2) is 17.6 Å². The van der Waals surface area contributed by atoms with Crippen LogP contribution in [0.2, 0.25) is 0 Å². The van der Waals surface area contributed by atoms with Gasteiger partial charge in [-0.2, -0.15) is 0 Å². The molecule has 4 rings (SSSR count). The van der Waals surface area contributed by atoms with E-state index < -0.39 is 46.8 Å². The summed E-state index contributed by atoms with van der Waals surface area (Å²) in [4.78, 5) is 28.8. The SMILES string of the molecule is CC(c1c[nH]c(=O)c2cc(F)c(F)cc12)N(C)C(=O)C1Cc2c(F)cc(F)cc2N1.